The standard InChI is InChI=1S/C22H25ClFN3O2/c1-29-21-9-6-16(23)12-20(21)26-11-10-17(14-26)25-22(28)27(18-7-8-18)13-15-4-2-3-5-19(15)24/h2-6,9,12,17-18H,7-8,10-11,13-14H2,1H3,(H,25,28). The molecule has 1 aliphatic heterocycles. The van der Waals surface area contributed by atoms with Gasteiger partial charge in [-0.3, -0.25) is 0 Å². The Morgan fingerprint density at radius 2 is 2.07 bits per heavy atom. The fourth-order valence-electron chi connectivity index (χ4n) is 3.83. The van der Waals surface area contributed by atoms with Crippen LogP contribution in [0.5, 0.6) is 5.75 Å². The molecule has 1 atom stereocenters. The summed E-state index contributed by atoms with van der Waals surface area (Å²) in [7, 11) is 1.64. The first-order chi connectivity index (χ1) is 14.0. The average molecular weight is 418 g/mol. The number of carbonyl (C=O) groups is 1. The highest BCUT2D eigenvalue weighted by atomic mass is 35.5. The Balaban J connectivity index is 1.41. The quantitative estimate of drug-likeness (QED) is 0.755. The number of halogens is 2. The van der Waals surface area contributed by atoms with Crippen molar-refractivity contribution in [1.29, 1.82) is 0 Å². The van der Waals surface area contributed by atoms with E-state index in [1.807, 2.05) is 12.1 Å². The van der Waals surface area contributed by atoms with Crippen LogP contribution in [0.1, 0.15) is 24.8 Å². The van der Waals surface area contributed by atoms with Crippen molar-refractivity contribution in [2.24, 2.45) is 0 Å². The molecule has 0 bridgehead atoms. The topological polar surface area (TPSA) is 44.8 Å². The van der Waals surface area contributed by atoms with Crippen molar-refractivity contribution in [2.75, 3.05) is 25.1 Å². The minimum atomic E-state index is -0.272. The summed E-state index contributed by atoms with van der Waals surface area (Å²) in [6.07, 6.45) is 2.77. The Morgan fingerprint density at radius 1 is 1.28 bits per heavy atom. The number of nitrogens with one attached hydrogen (secondary N) is 1. The number of nitrogens with zero attached hydrogens (tertiary/aromatic N) is 2. The number of rotatable bonds is 6. The predicted octanol–water partition coefficient (Wildman–Crippen LogP) is 4.44. The van der Waals surface area contributed by atoms with Crippen LogP contribution in [0, 0.1) is 5.82 Å². The minimum Gasteiger partial charge on any atom is -0.495 e. The number of methoxy groups -OCH3 is 1. The van der Waals surface area contributed by atoms with E-state index in [0.29, 0.717) is 23.7 Å². The number of carbonyl (C=O) groups excluding carboxylic acids is 1. The highest BCUT2D eigenvalue weighted by Crippen LogP contribution is 2.34. The summed E-state index contributed by atoms with van der Waals surface area (Å²) >= 11 is 6.16. The summed E-state index contributed by atoms with van der Waals surface area (Å²) in [6.45, 7) is 1.78. The third-order valence-corrected chi connectivity index (χ3v) is 5.78. The molecule has 1 saturated heterocycles. The third-order valence-electron chi connectivity index (χ3n) is 5.54. The van der Waals surface area contributed by atoms with Gasteiger partial charge in [0.05, 0.1) is 19.3 Å². The van der Waals surface area contributed by atoms with Crippen LogP contribution in [0.4, 0.5) is 14.9 Å². The van der Waals surface area contributed by atoms with E-state index in [1.54, 1.807) is 36.3 Å². The minimum absolute atomic E-state index is 0.0214. The normalized spacial score (nSPS) is 18.6. The summed E-state index contributed by atoms with van der Waals surface area (Å²) in [4.78, 5) is 16.9. The van der Waals surface area contributed by atoms with Gasteiger partial charge in [0.1, 0.15) is 11.6 Å². The van der Waals surface area contributed by atoms with E-state index in [9.17, 15) is 9.18 Å². The molecule has 1 aliphatic carbocycles. The molecule has 0 spiro atoms. The molecule has 2 aromatic carbocycles. The van der Waals surface area contributed by atoms with Crippen LogP contribution in [0.3, 0.4) is 0 Å². The highest BCUT2D eigenvalue weighted by Gasteiger charge is 2.35. The number of hydrogen-bond acceptors (Lipinski definition) is 3. The fourth-order valence-corrected chi connectivity index (χ4v) is 3.99. The van der Waals surface area contributed by atoms with E-state index >= 15 is 0 Å². The van der Waals surface area contributed by atoms with Crippen molar-refractivity contribution in [1.82, 2.24) is 10.2 Å². The molecule has 7 heteroatoms. The van der Waals surface area contributed by atoms with Gasteiger partial charge in [-0.05, 0) is 43.5 Å². The van der Waals surface area contributed by atoms with Gasteiger partial charge in [0.2, 0.25) is 0 Å². The third kappa shape index (κ3) is 4.58. The van der Waals surface area contributed by atoms with Crippen molar-refractivity contribution < 1.29 is 13.9 Å². The molecule has 1 heterocycles. The second-order valence-corrected chi connectivity index (χ2v) is 8.08. The number of hydrogen-bond donors (Lipinski definition) is 1. The molecule has 0 radical (unpaired) electrons. The van der Waals surface area contributed by atoms with Crippen molar-refractivity contribution in [3.8, 4) is 5.75 Å². The summed E-state index contributed by atoms with van der Waals surface area (Å²) in [5, 5.41) is 3.79. The van der Waals surface area contributed by atoms with Gasteiger partial charge in [0.25, 0.3) is 0 Å². The Hall–Kier alpha value is -2.47. The molecule has 5 nitrogen and oxygen atoms in total. The molecular weight excluding hydrogens is 393 g/mol. The van der Waals surface area contributed by atoms with Crippen molar-refractivity contribution >= 4 is 23.3 Å². The van der Waals surface area contributed by atoms with E-state index < -0.39 is 0 Å². The van der Waals surface area contributed by atoms with E-state index in [1.165, 1.54) is 6.07 Å². The lowest BCUT2D eigenvalue weighted by Crippen LogP contribution is -2.46. The van der Waals surface area contributed by atoms with Gasteiger partial charge in [-0.25, -0.2) is 9.18 Å². The van der Waals surface area contributed by atoms with Crippen molar-refractivity contribution in [2.45, 2.75) is 37.9 Å². The highest BCUT2D eigenvalue weighted by molar-refractivity contribution is 6.30. The molecule has 2 aromatic rings. The van der Waals surface area contributed by atoms with E-state index in [2.05, 4.69) is 10.2 Å². The Kier molecular flexibility index (Phi) is 5.81. The van der Waals surface area contributed by atoms with Crippen LogP contribution < -0.4 is 15.0 Å². The number of amides is 2. The predicted molar refractivity (Wildman–Crippen MR) is 112 cm³/mol. The fraction of sp³-hybridized carbons (Fsp3) is 0.409. The zero-order chi connectivity index (χ0) is 20.4. The van der Waals surface area contributed by atoms with Crippen molar-refractivity contribution in [3.63, 3.8) is 0 Å². The van der Waals surface area contributed by atoms with Gasteiger partial charge >= 0.3 is 6.03 Å². The zero-order valence-electron chi connectivity index (χ0n) is 16.4. The SMILES string of the molecule is COc1ccc(Cl)cc1N1CCC(NC(=O)N(Cc2ccccc2F)C2CC2)C1. The van der Waals surface area contributed by atoms with Gasteiger partial charge in [0, 0.05) is 35.8 Å². The lowest BCUT2D eigenvalue weighted by molar-refractivity contribution is 0.188. The van der Waals surface area contributed by atoms with Crippen LogP contribution in [-0.4, -0.2) is 43.2 Å². The number of benzene rings is 2. The van der Waals surface area contributed by atoms with E-state index in [0.717, 1.165) is 37.2 Å². The lowest BCUT2D eigenvalue weighted by Gasteiger charge is -2.26. The van der Waals surface area contributed by atoms with E-state index in [4.69, 9.17) is 16.3 Å². The smallest absolute Gasteiger partial charge is 0.318 e. The second-order valence-electron chi connectivity index (χ2n) is 7.65. The molecule has 0 aromatic heterocycles. The average Bonchev–Trinajstić information content (AvgIpc) is 3.45. The van der Waals surface area contributed by atoms with Gasteiger partial charge in [0.15, 0.2) is 0 Å². The largest absolute Gasteiger partial charge is 0.495 e. The molecule has 154 valence electrons. The molecule has 1 unspecified atom stereocenters. The maximum atomic E-state index is 14.1. The second kappa shape index (κ2) is 8.49. The lowest BCUT2D eigenvalue weighted by atomic mass is 10.2. The van der Waals surface area contributed by atoms with Gasteiger partial charge in [-0.1, -0.05) is 29.8 Å². The van der Waals surface area contributed by atoms with Crippen LogP contribution in [0.15, 0.2) is 42.5 Å². The maximum absolute atomic E-state index is 14.1. The summed E-state index contributed by atoms with van der Waals surface area (Å²) in [6, 6.07) is 12.3. The molecule has 1 N–H and O–H groups in total. The molecule has 2 aliphatic rings. The first-order valence-corrected chi connectivity index (χ1v) is 10.3. The molecule has 1 saturated carbocycles. The Morgan fingerprint density at radius 3 is 2.79 bits per heavy atom. The Bertz CT molecular complexity index is 890. The van der Waals surface area contributed by atoms with Crippen LogP contribution in [0.2, 0.25) is 5.02 Å². The summed E-state index contributed by atoms with van der Waals surface area (Å²) in [5.41, 5.74) is 1.48. The number of ether oxygens (including phenoxy) is 1. The number of anilines is 1. The summed E-state index contributed by atoms with van der Waals surface area (Å²) < 4.78 is 19.5. The zero-order valence-corrected chi connectivity index (χ0v) is 17.2. The van der Waals surface area contributed by atoms with E-state index in [-0.39, 0.29) is 23.9 Å². The molecule has 29 heavy (non-hydrogen) atoms. The first kappa shape index (κ1) is 19.8. The summed E-state index contributed by atoms with van der Waals surface area (Å²) in [5.74, 6) is 0.492. The van der Waals surface area contributed by atoms with Crippen molar-refractivity contribution in [3.05, 3.63) is 58.9 Å². The van der Waals surface area contributed by atoms with Gasteiger partial charge in [-0.2, -0.15) is 0 Å². The maximum Gasteiger partial charge on any atom is 0.318 e. The first-order valence-electron chi connectivity index (χ1n) is 9.94. The van der Waals surface area contributed by atoms with Gasteiger partial charge < -0.3 is 19.9 Å². The molecular formula is C22H25ClFN3O2. The molecule has 4 rings (SSSR count). The number of urea groups is 1. The monoisotopic (exact) mass is 417 g/mol. The van der Waals surface area contributed by atoms with Gasteiger partial charge in [-0.15, -0.1) is 0 Å². The molecule has 2 fully saturated rings. The van der Waals surface area contributed by atoms with Crippen LogP contribution in [-0.2, 0) is 6.54 Å². The molecule has 2 amide bonds. The Labute approximate surface area is 175 Å². The van der Waals surface area contributed by atoms with Crippen LogP contribution in [0.25, 0.3) is 0 Å². The van der Waals surface area contributed by atoms with Crippen LogP contribution >= 0.6 is 11.6 Å².